The first-order valence-electron chi connectivity index (χ1n) is 6.69. The Morgan fingerprint density at radius 3 is 3.05 bits per heavy atom. The van der Waals surface area contributed by atoms with E-state index < -0.39 is 5.41 Å². The third-order valence-electron chi connectivity index (χ3n) is 4.28. The molecule has 4 heteroatoms. The van der Waals surface area contributed by atoms with Gasteiger partial charge in [-0.2, -0.15) is 0 Å². The highest BCUT2D eigenvalue weighted by atomic mass is 16.5. The molecule has 0 aromatic heterocycles. The van der Waals surface area contributed by atoms with E-state index in [9.17, 15) is 9.59 Å². The summed E-state index contributed by atoms with van der Waals surface area (Å²) in [5.74, 6) is -0.214. The largest absolute Gasteiger partial charge is 0.465 e. The number of amides is 1. The molecule has 4 nitrogen and oxygen atoms in total. The van der Waals surface area contributed by atoms with E-state index in [1.165, 1.54) is 0 Å². The van der Waals surface area contributed by atoms with Crippen LogP contribution in [0.4, 0.5) is 0 Å². The van der Waals surface area contributed by atoms with Crippen LogP contribution in [0.1, 0.15) is 30.4 Å². The fourth-order valence-electron chi connectivity index (χ4n) is 3.36. The van der Waals surface area contributed by atoms with Crippen LogP contribution < -0.4 is 5.32 Å². The number of hydrogen-bond donors (Lipinski definition) is 1. The zero-order chi connectivity index (χ0) is 13.5. The molecule has 1 N–H and O–H groups in total. The van der Waals surface area contributed by atoms with Gasteiger partial charge in [-0.25, -0.2) is 0 Å². The Morgan fingerprint density at radius 2 is 2.26 bits per heavy atom. The van der Waals surface area contributed by atoms with Crippen LogP contribution in [0.25, 0.3) is 0 Å². The molecule has 1 aliphatic carbocycles. The number of fused-ring (bicyclic) bond motifs is 3. The molecule has 1 aromatic rings. The van der Waals surface area contributed by atoms with Crippen molar-refractivity contribution in [2.75, 3.05) is 13.2 Å². The molecule has 0 radical (unpaired) electrons. The molecule has 0 spiro atoms. The molecular weight excluding hydrogens is 242 g/mol. The van der Waals surface area contributed by atoms with Gasteiger partial charge in [-0.15, -0.1) is 0 Å². The quantitative estimate of drug-likeness (QED) is 0.817. The number of carbonyl (C=O) groups is 2. The lowest BCUT2D eigenvalue weighted by Crippen LogP contribution is -2.52. The first kappa shape index (κ1) is 12.2. The molecule has 1 amide bonds. The van der Waals surface area contributed by atoms with Crippen molar-refractivity contribution in [3.8, 4) is 0 Å². The fourth-order valence-corrected chi connectivity index (χ4v) is 3.36. The van der Waals surface area contributed by atoms with Gasteiger partial charge in [0.1, 0.15) is 0 Å². The summed E-state index contributed by atoms with van der Waals surface area (Å²) in [4.78, 5) is 24.1. The van der Waals surface area contributed by atoms with Gasteiger partial charge in [0.25, 0.3) is 0 Å². The lowest BCUT2D eigenvalue weighted by molar-refractivity contribution is -0.158. The van der Waals surface area contributed by atoms with Gasteiger partial charge >= 0.3 is 5.97 Å². The minimum Gasteiger partial charge on any atom is -0.465 e. The van der Waals surface area contributed by atoms with E-state index in [1.807, 2.05) is 31.2 Å². The van der Waals surface area contributed by atoms with Gasteiger partial charge in [0, 0.05) is 18.9 Å². The summed E-state index contributed by atoms with van der Waals surface area (Å²) in [6, 6.07) is 8.01. The van der Waals surface area contributed by atoms with E-state index in [0.29, 0.717) is 26.0 Å². The maximum absolute atomic E-state index is 12.4. The number of esters is 1. The van der Waals surface area contributed by atoms with Crippen LogP contribution in [0.3, 0.4) is 0 Å². The predicted octanol–water partition coefficient (Wildman–Crippen LogP) is 1.40. The SMILES string of the molecule is CCOC(=O)[C@]12CNC(=O)C[C@H]1c1ccccc1C2. The van der Waals surface area contributed by atoms with Crippen molar-refractivity contribution >= 4 is 11.9 Å². The van der Waals surface area contributed by atoms with Crippen molar-refractivity contribution < 1.29 is 14.3 Å². The van der Waals surface area contributed by atoms with Crippen molar-refractivity contribution in [1.82, 2.24) is 5.32 Å². The summed E-state index contributed by atoms with van der Waals surface area (Å²) in [6.07, 6.45) is 1.03. The number of benzene rings is 1. The first-order valence-corrected chi connectivity index (χ1v) is 6.69. The van der Waals surface area contributed by atoms with Crippen molar-refractivity contribution in [3.63, 3.8) is 0 Å². The minimum absolute atomic E-state index is 0.0154. The second kappa shape index (κ2) is 4.37. The van der Waals surface area contributed by atoms with Gasteiger partial charge in [0.2, 0.25) is 5.91 Å². The van der Waals surface area contributed by atoms with Crippen LogP contribution >= 0.6 is 0 Å². The van der Waals surface area contributed by atoms with Gasteiger partial charge < -0.3 is 10.1 Å². The van der Waals surface area contributed by atoms with Crippen molar-refractivity contribution in [2.24, 2.45) is 5.41 Å². The number of nitrogens with one attached hydrogen (secondary N) is 1. The highest BCUT2D eigenvalue weighted by molar-refractivity contribution is 5.87. The highest BCUT2D eigenvalue weighted by Crippen LogP contribution is 2.51. The lowest BCUT2D eigenvalue weighted by Gasteiger charge is -2.37. The molecule has 0 bridgehead atoms. The van der Waals surface area contributed by atoms with E-state index in [-0.39, 0.29) is 17.8 Å². The second-order valence-corrected chi connectivity index (χ2v) is 5.29. The summed E-state index contributed by atoms with van der Waals surface area (Å²) in [5, 5.41) is 2.83. The summed E-state index contributed by atoms with van der Waals surface area (Å²) >= 11 is 0. The zero-order valence-electron chi connectivity index (χ0n) is 10.9. The summed E-state index contributed by atoms with van der Waals surface area (Å²) in [5.41, 5.74) is 1.69. The highest BCUT2D eigenvalue weighted by Gasteiger charge is 2.55. The molecule has 19 heavy (non-hydrogen) atoms. The van der Waals surface area contributed by atoms with E-state index in [0.717, 1.165) is 11.1 Å². The monoisotopic (exact) mass is 259 g/mol. The molecule has 1 aliphatic heterocycles. The maximum Gasteiger partial charge on any atom is 0.314 e. The van der Waals surface area contributed by atoms with Crippen LogP contribution in [0, 0.1) is 5.41 Å². The zero-order valence-corrected chi connectivity index (χ0v) is 10.9. The maximum atomic E-state index is 12.4. The molecule has 1 saturated heterocycles. The molecule has 0 saturated carbocycles. The second-order valence-electron chi connectivity index (χ2n) is 5.29. The lowest BCUT2D eigenvalue weighted by atomic mass is 9.72. The Hall–Kier alpha value is -1.84. The van der Waals surface area contributed by atoms with E-state index in [1.54, 1.807) is 0 Å². The average molecular weight is 259 g/mol. The van der Waals surface area contributed by atoms with E-state index in [4.69, 9.17) is 4.74 Å². The predicted molar refractivity (Wildman–Crippen MR) is 69.6 cm³/mol. The summed E-state index contributed by atoms with van der Waals surface area (Å²) < 4.78 is 5.26. The molecule has 2 atom stereocenters. The minimum atomic E-state index is -0.604. The Balaban J connectivity index is 2.04. The Kier molecular flexibility index (Phi) is 2.81. The Morgan fingerprint density at radius 1 is 1.47 bits per heavy atom. The molecule has 2 aliphatic rings. The normalized spacial score (nSPS) is 28.3. The van der Waals surface area contributed by atoms with Crippen LogP contribution in [0.2, 0.25) is 0 Å². The van der Waals surface area contributed by atoms with Crippen LogP contribution in [-0.2, 0) is 20.7 Å². The van der Waals surface area contributed by atoms with Gasteiger partial charge in [-0.3, -0.25) is 9.59 Å². The number of ether oxygens (including phenoxy) is 1. The smallest absolute Gasteiger partial charge is 0.314 e. The van der Waals surface area contributed by atoms with Gasteiger partial charge in [-0.1, -0.05) is 24.3 Å². The molecule has 0 unspecified atom stereocenters. The fraction of sp³-hybridized carbons (Fsp3) is 0.467. The molecule has 1 aromatic carbocycles. The van der Waals surface area contributed by atoms with Crippen LogP contribution in [0.15, 0.2) is 24.3 Å². The average Bonchev–Trinajstić information content (AvgIpc) is 2.74. The first-order chi connectivity index (χ1) is 9.17. The van der Waals surface area contributed by atoms with Crippen molar-refractivity contribution in [1.29, 1.82) is 0 Å². The van der Waals surface area contributed by atoms with Gasteiger partial charge in [0.05, 0.1) is 12.0 Å². The molecule has 3 rings (SSSR count). The van der Waals surface area contributed by atoms with E-state index >= 15 is 0 Å². The topological polar surface area (TPSA) is 55.4 Å². The van der Waals surface area contributed by atoms with Crippen molar-refractivity contribution in [2.45, 2.75) is 25.7 Å². The number of carbonyl (C=O) groups excluding carboxylic acids is 2. The third-order valence-corrected chi connectivity index (χ3v) is 4.28. The third kappa shape index (κ3) is 1.74. The Labute approximate surface area is 112 Å². The van der Waals surface area contributed by atoms with Crippen molar-refractivity contribution in [3.05, 3.63) is 35.4 Å². The molecule has 1 fully saturated rings. The standard InChI is InChI=1S/C15H17NO3/c1-2-19-14(18)15-8-10-5-3-4-6-11(10)12(15)7-13(17)16-9-15/h3-6,12H,2,7-9H2,1H3,(H,16,17)/t12-,15+/m0/s1. The summed E-state index contributed by atoms with van der Waals surface area (Å²) in [7, 11) is 0. The van der Waals surface area contributed by atoms with Crippen LogP contribution in [0.5, 0.6) is 0 Å². The van der Waals surface area contributed by atoms with E-state index in [2.05, 4.69) is 5.32 Å². The Bertz CT molecular complexity index is 540. The van der Waals surface area contributed by atoms with Gasteiger partial charge in [0.15, 0.2) is 0 Å². The summed E-state index contributed by atoms with van der Waals surface area (Å²) in [6.45, 7) is 2.56. The molecule has 100 valence electrons. The molecular formula is C15H17NO3. The number of hydrogen-bond acceptors (Lipinski definition) is 3. The number of piperidine rings is 1. The van der Waals surface area contributed by atoms with Crippen LogP contribution in [-0.4, -0.2) is 25.0 Å². The molecule has 1 heterocycles. The number of rotatable bonds is 2. The van der Waals surface area contributed by atoms with Gasteiger partial charge in [-0.05, 0) is 24.5 Å².